The summed E-state index contributed by atoms with van der Waals surface area (Å²) in [4.78, 5) is 31.8. The number of carbonyl (C=O) groups is 2. The maximum Gasteiger partial charge on any atom is 0.243 e. The fourth-order valence-corrected chi connectivity index (χ4v) is 3.46. The van der Waals surface area contributed by atoms with Gasteiger partial charge < -0.3 is 20.7 Å². The molecule has 2 amide bonds. The van der Waals surface area contributed by atoms with Gasteiger partial charge in [0.2, 0.25) is 17.8 Å². The topological polar surface area (TPSA) is 138 Å². The molecule has 2 aromatic carbocycles. The number of hydroxylamine groups is 1. The molecule has 0 atom stereocenters. The van der Waals surface area contributed by atoms with Crippen molar-refractivity contribution in [2.75, 3.05) is 23.1 Å². The summed E-state index contributed by atoms with van der Waals surface area (Å²) in [6.07, 6.45) is 5.26. The number of hydrogen-bond donors (Lipinski definition) is 5. The van der Waals surface area contributed by atoms with Crippen molar-refractivity contribution in [1.29, 1.82) is 0 Å². The van der Waals surface area contributed by atoms with Crippen molar-refractivity contribution < 1.29 is 19.5 Å². The van der Waals surface area contributed by atoms with Gasteiger partial charge in [0.1, 0.15) is 10.8 Å². The second-order valence-electron chi connectivity index (χ2n) is 7.95. The highest BCUT2D eigenvalue weighted by Crippen LogP contribution is 2.27. The highest BCUT2D eigenvalue weighted by atomic mass is 35.5. The van der Waals surface area contributed by atoms with Gasteiger partial charge in [-0.05, 0) is 49.2 Å². The van der Waals surface area contributed by atoms with Crippen LogP contribution in [0, 0.1) is 0 Å². The van der Waals surface area contributed by atoms with Crippen LogP contribution in [0.15, 0.2) is 54.7 Å². The Bertz CT molecular complexity index is 1160. The minimum Gasteiger partial charge on any atom is -0.497 e. The van der Waals surface area contributed by atoms with Crippen molar-refractivity contribution in [1.82, 2.24) is 15.4 Å². The van der Waals surface area contributed by atoms with Gasteiger partial charge in [-0.3, -0.25) is 14.8 Å². The van der Waals surface area contributed by atoms with Crippen molar-refractivity contribution in [3.63, 3.8) is 0 Å². The van der Waals surface area contributed by atoms with Crippen molar-refractivity contribution in [3.8, 4) is 5.75 Å². The highest BCUT2D eigenvalue weighted by Gasteiger charge is 2.08. The Morgan fingerprint density at radius 3 is 2.31 bits per heavy atom. The van der Waals surface area contributed by atoms with Crippen LogP contribution in [0.25, 0.3) is 0 Å². The molecule has 10 nitrogen and oxygen atoms in total. The van der Waals surface area contributed by atoms with Gasteiger partial charge in [-0.25, -0.2) is 10.5 Å². The van der Waals surface area contributed by atoms with Gasteiger partial charge in [-0.2, -0.15) is 4.98 Å². The lowest BCUT2D eigenvalue weighted by Gasteiger charge is -2.11. The Morgan fingerprint density at radius 2 is 1.61 bits per heavy atom. The number of hydrogen-bond acceptors (Lipinski definition) is 8. The van der Waals surface area contributed by atoms with Gasteiger partial charge in [0.15, 0.2) is 5.82 Å². The molecular weight excluding hydrogens is 484 g/mol. The number of anilines is 5. The summed E-state index contributed by atoms with van der Waals surface area (Å²) in [5.74, 6) is 1.05. The number of amides is 2. The van der Waals surface area contributed by atoms with Crippen molar-refractivity contribution in [3.05, 3.63) is 59.8 Å². The predicted molar refractivity (Wildman–Crippen MR) is 139 cm³/mol. The highest BCUT2D eigenvalue weighted by molar-refractivity contribution is 6.32. The van der Waals surface area contributed by atoms with Crippen LogP contribution in [0.2, 0.25) is 5.02 Å². The van der Waals surface area contributed by atoms with E-state index in [-0.39, 0.29) is 12.3 Å². The minimum absolute atomic E-state index is 0.0712. The minimum atomic E-state index is -0.390. The number of aromatic nitrogens is 2. The third-order valence-corrected chi connectivity index (χ3v) is 5.46. The van der Waals surface area contributed by atoms with E-state index in [0.717, 1.165) is 30.6 Å². The number of nitrogens with one attached hydrogen (secondary N) is 4. The maximum absolute atomic E-state index is 12.2. The molecule has 0 saturated carbocycles. The van der Waals surface area contributed by atoms with Crippen molar-refractivity contribution >= 4 is 52.2 Å². The monoisotopic (exact) mass is 512 g/mol. The molecule has 0 radical (unpaired) electrons. The zero-order chi connectivity index (χ0) is 25.8. The van der Waals surface area contributed by atoms with E-state index in [0.29, 0.717) is 41.1 Å². The van der Waals surface area contributed by atoms with Crippen LogP contribution in [0.5, 0.6) is 5.75 Å². The summed E-state index contributed by atoms with van der Waals surface area (Å²) in [7, 11) is 1.60. The van der Waals surface area contributed by atoms with Gasteiger partial charge in [0.05, 0.1) is 13.3 Å². The fourth-order valence-electron chi connectivity index (χ4n) is 3.32. The molecule has 36 heavy (non-hydrogen) atoms. The molecule has 11 heteroatoms. The summed E-state index contributed by atoms with van der Waals surface area (Å²) < 4.78 is 5.24. The molecule has 3 rings (SSSR count). The first-order valence-corrected chi connectivity index (χ1v) is 11.9. The molecule has 0 spiro atoms. The van der Waals surface area contributed by atoms with E-state index in [1.165, 1.54) is 6.20 Å². The fraction of sp³-hybridized carbons (Fsp3) is 0.280. The van der Waals surface area contributed by atoms with Crippen LogP contribution in [-0.2, 0) is 9.59 Å². The molecule has 190 valence electrons. The zero-order valence-corrected chi connectivity index (χ0v) is 20.6. The Kier molecular flexibility index (Phi) is 10.3. The summed E-state index contributed by atoms with van der Waals surface area (Å²) in [6, 6.07) is 14.6. The zero-order valence-electron chi connectivity index (χ0n) is 19.9. The van der Waals surface area contributed by atoms with E-state index in [9.17, 15) is 9.59 Å². The number of halogens is 1. The largest absolute Gasteiger partial charge is 0.497 e. The molecule has 0 fully saturated rings. The van der Waals surface area contributed by atoms with Crippen molar-refractivity contribution in [2.45, 2.75) is 38.5 Å². The van der Waals surface area contributed by atoms with E-state index >= 15 is 0 Å². The molecule has 0 aliphatic carbocycles. The lowest BCUT2D eigenvalue weighted by molar-refractivity contribution is -0.129. The molecule has 0 unspecified atom stereocenters. The third-order valence-electron chi connectivity index (χ3n) is 5.18. The second kappa shape index (κ2) is 13.9. The van der Waals surface area contributed by atoms with E-state index in [2.05, 4.69) is 25.9 Å². The molecule has 0 saturated heterocycles. The molecule has 3 aromatic rings. The van der Waals surface area contributed by atoms with Crippen LogP contribution in [0.4, 0.5) is 28.8 Å². The first kappa shape index (κ1) is 26.7. The molecule has 1 aromatic heterocycles. The quantitative estimate of drug-likeness (QED) is 0.116. The Morgan fingerprint density at radius 1 is 0.917 bits per heavy atom. The lowest BCUT2D eigenvalue weighted by atomic mass is 10.1. The molecule has 5 N–H and O–H groups in total. The summed E-state index contributed by atoms with van der Waals surface area (Å²) in [5, 5.41) is 18.0. The summed E-state index contributed by atoms with van der Waals surface area (Å²) >= 11 is 6.26. The number of carbonyl (C=O) groups excluding carboxylic acids is 2. The van der Waals surface area contributed by atoms with Crippen molar-refractivity contribution in [2.24, 2.45) is 0 Å². The van der Waals surface area contributed by atoms with Gasteiger partial charge in [0.25, 0.3) is 0 Å². The van der Waals surface area contributed by atoms with Crippen LogP contribution < -0.4 is 26.2 Å². The average molecular weight is 513 g/mol. The normalized spacial score (nSPS) is 10.4. The van der Waals surface area contributed by atoms with Gasteiger partial charge >= 0.3 is 0 Å². The molecule has 0 bridgehead atoms. The molecule has 0 aliphatic heterocycles. The maximum atomic E-state index is 12.2. The SMILES string of the molecule is COc1cccc(Nc2nc(Nc3ccc(NC(=O)CCCCCCC(=O)NO)cc3)ncc2Cl)c1. The standard InChI is InChI=1S/C25H29ClN6O4/c1-36-20-8-6-7-19(15-20)29-24-21(26)16-27-25(31-24)30-18-13-11-17(12-14-18)28-22(33)9-4-2-3-5-10-23(34)32-35/h6-8,11-16,35H,2-5,9-10H2,1H3,(H,28,33)(H,32,34)(H2,27,29,30,31). The van der Waals surface area contributed by atoms with Gasteiger partial charge in [-0.1, -0.05) is 30.5 Å². The number of rotatable bonds is 13. The lowest BCUT2D eigenvalue weighted by Crippen LogP contribution is -2.17. The Hall–Kier alpha value is -3.89. The second-order valence-corrected chi connectivity index (χ2v) is 8.35. The number of methoxy groups -OCH3 is 1. The number of benzene rings is 2. The van der Waals surface area contributed by atoms with Gasteiger partial charge in [-0.15, -0.1) is 0 Å². The van der Waals surface area contributed by atoms with E-state index < -0.39 is 5.91 Å². The number of ether oxygens (including phenoxy) is 1. The van der Waals surface area contributed by atoms with E-state index in [1.54, 1.807) is 24.7 Å². The third kappa shape index (κ3) is 8.71. The van der Waals surface area contributed by atoms with Crippen LogP contribution in [0.3, 0.4) is 0 Å². The molecule has 1 heterocycles. The number of nitrogens with zero attached hydrogens (tertiary/aromatic N) is 2. The van der Waals surface area contributed by atoms with Gasteiger partial charge in [0, 0.05) is 36.0 Å². The summed E-state index contributed by atoms with van der Waals surface area (Å²) in [6.45, 7) is 0. The smallest absolute Gasteiger partial charge is 0.243 e. The van der Waals surface area contributed by atoms with Crippen LogP contribution >= 0.6 is 11.6 Å². The number of unbranched alkanes of at least 4 members (excludes halogenated alkanes) is 3. The van der Waals surface area contributed by atoms with Crippen LogP contribution in [0.1, 0.15) is 38.5 Å². The summed E-state index contributed by atoms with van der Waals surface area (Å²) in [5.41, 5.74) is 3.81. The Balaban J connectivity index is 1.48. The van der Waals surface area contributed by atoms with E-state index in [4.69, 9.17) is 21.5 Å². The molecule has 0 aliphatic rings. The van der Waals surface area contributed by atoms with Crippen LogP contribution in [-0.4, -0.2) is 34.1 Å². The Labute approximate surface area is 214 Å². The molecular formula is C25H29ClN6O4. The average Bonchev–Trinajstić information content (AvgIpc) is 2.89. The first-order chi connectivity index (χ1) is 17.5. The predicted octanol–water partition coefficient (Wildman–Crippen LogP) is 5.41. The van der Waals surface area contributed by atoms with E-state index in [1.807, 2.05) is 36.4 Å². The first-order valence-electron chi connectivity index (χ1n) is 11.5.